The summed E-state index contributed by atoms with van der Waals surface area (Å²) in [7, 11) is 1.59. The Kier molecular flexibility index (Phi) is 6.01. The van der Waals surface area contributed by atoms with Crippen LogP contribution in [0.2, 0.25) is 0 Å². The van der Waals surface area contributed by atoms with Gasteiger partial charge in [-0.2, -0.15) is 12.6 Å². The van der Waals surface area contributed by atoms with Crippen LogP contribution >= 0.6 is 24.0 Å². The number of carbonyl (C=O) groups excluding carboxylic acids is 1. The van der Waals surface area contributed by atoms with Crippen molar-refractivity contribution in [2.45, 2.75) is 43.8 Å². The molecule has 2 aromatic heterocycles. The number of benzene rings is 1. The van der Waals surface area contributed by atoms with E-state index in [1.165, 1.54) is 24.2 Å². The van der Waals surface area contributed by atoms with E-state index in [-0.39, 0.29) is 5.91 Å². The van der Waals surface area contributed by atoms with Gasteiger partial charge in [-0.25, -0.2) is 15.0 Å². The number of rotatable bonds is 5. The third kappa shape index (κ3) is 4.38. The van der Waals surface area contributed by atoms with Crippen LogP contribution < -0.4 is 10.1 Å². The Morgan fingerprint density at radius 3 is 2.76 bits per heavy atom. The van der Waals surface area contributed by atoms with Crippen LogP contribution in [0.4, 0.5) is 5.69 Å². The topological polar surface area (TPSA) is 77.0 Å². The highest BCUT2D eigenvalue weighted by Gasteiger charge is 2.27. The highest BCUT2D eigenvalue weighted by molar-refractivity contribution is 7.80. The number of nitrogens with zero attached hydrogens (tertiary/aromatic N) is 3. The van der Waals surface area contributed by atoms with Crippen molar-refractivity contribution in [1.82, 2.24) is 15.0 Å². The second-order valence-electron chi connectivity index (χ2n) is 7.47. The molecule has 0 spiro atoms. The Morgan fingerprint density at radius 1 is 1.31 bits per heavy atom. The summed E-state index contributed by atoms with van der Waals surface area (Å²) >= 11 is 6.32. The normalized spacial score (nSPS) is 20.4. The molecule has 1 fully saturated rings. The number of aromatic nitrogens is 3. The Balaban J connectivity index is 1.57. The second-order valence-corrected chi connectivity index (χ2v) is 9.35. The van der Waals surface area contributed by atoms with Crippen molar-refractivity contribution in [3.8, 4) is 5.75 Å². The van der Waals surface area contributed by atoms with E-state index in [9.17, 15) is 4.79 Å². The number of carbonyl (C=O) groups is 1. The first kappa shape index (κ1) is 20.1. The predicted octanol–water partition coefficient (Wildman–Crippen LogP) is 4.94. The van der Waals surface area contributed by atoms with Crippen molar-refractivity contribution in [2.24, 2.45) is 5.92 Å². The molecule has 1 saturated carbocycles. The van der Waals surface area contributed by atoms with Gasteiger partial charge in [0.1, 0.15) is 17.8 Å². The fourth-order valence-electron chi connectivity index (χ4n) is 3.87. The zero-order chi connectivity index (χ0) is 20.4. The van der Waals surface area contributed by atoms with Crippen molar-refractivity contribution < 1.29 is 9.53 Å². The molecule has 1 aliphatic carbocycles. The van der Waals surface area contributed by atoms with Crippen molar-refractivity contribution in [3.05, 3.63) is 41.4 Å². The molecule has 0 saturated heterocycles. The Bertz CT molecular complexity index is 999. The lowest BCUT2D eigenvalue weighted by Crippen LogP contribution is -2.19. The maximum Gasteiger partial charge on any atom is 0.274 e. The van der Waals surface area contributed by atoms with E-state index in [0.717, 1.165) is 23.1 Å². The minimum atomic E-state index is -0.297. The van der Waals surface area contributed by atoms with Crippen LogP contribution in [0.5, 0.6) is 5.75 Å². The van der Waals surface area contributed by atoms with E-state index in [0.29, 0.717) is 34.2 Å². The van der Waals surface area contributed by atoms with Gasteiger partial charge >= 0.3 is 0 Å². The molecular formula is C21H24N4O2S2. The molecule has 1 aliphatic rings. The van der Waals surface area contributed by atoms with E-state index < -0.39 is 0 Å². The molecular weight excluding hydrogens is 404 g/mol. The molecule has 152 valence electrons. The molecule has 0 bridgehead atoms. The van der Waals surface area contributed by atoms with Gasteiger partial charge in [-0.3, -0.25) is 4.79 Å². The average molecular weight is 429 g/mol. The lowest BCUT2D eigenvalue weighted by molar-refractivity contribution is 0.102. The Labute approximate surface area is 179 Å². The van der Waals surface area contributed by atoms with Crippen LogP contribution in [0.25, 0.3) is 10.2 Å². The van der Waals surface area contributed by atoms with Gasteiger partial charge < -0.3 is 10.1 Å². The summed E-state index contributed by atoms with van der Waals surface area (Å²) in [6.45, 7) is 2.19. The highest BCUT2D eigenvalue weighted by Crippen LogP contribution is 2.42. The van der Waals surface area contributed by atoms with Crippen LogP contribution in [0.3, 0.4) is 0 Å². The van der Waals surface area contributed by atoms with Crippen molar-refractivity contribution in [2.75, 3.05) is 12.4 Å². The fraction of sp³-hybridized carbons (Fsp3) is 0.429. The largest absolute Gasteiger partial charge is 0.494 e. The number of ether oxygens (including phenoxy) is 1. The number of nitrogens with one attached hydrogen (secondary N) is 1. The van der Waals surface area contributed by atoms with Crippen molar-refractivity contribution >= 4 is 45.8 Å². The minimum absolute atomic E-state index is 0.297. The number of hydrogen-bond acceptors (Lipinski definition) is 7. The first-order valence-corrected chi connectivity index (χ1v) is 11.1. The van der Waals surface area contributed by atoms with Gasteiger partial charge in [0, 0.05) is 23.4 Å². The van der Waals surface area contributed by atoms with E-state index in [2.05, 4.69) is 34.8 Å². The maximum atomic E-state index is 12.5. The summed E-state index contributed by atoms with van der Waals surface area (Å²) in [5.74, 6) is 1.49. The number of anilines is 1. The zero-order valence-corrected chi connectivity index (χ0v) is 18.2. The van der Waals surface area contributed by atoms with Gasteiger partial charge in [0.15, 0.2) is 0 Å². The molecule has 8 heteroatoms. The number of amides is 1. The molecule has 1 N–H and O–H groups in total. The number of hydrogen-bond donors (Lipinski definition) is 2. The fourth-order valence-corrected chi connectivity index (χ4v) is 5.33. The molecule has 1 aromatic carbocycles. The Hall–Kier alpha value is -2.19. The van der Waals surface area contributed by atoms with Crippen LogP contribution in [0.1, 0.15) is 54.0 Å². The number of thiol groups is 1. The van der Waals surface area contributed by atoms with E-state index in [1.807, 2.05) is 12.1 Å². The number of fused-ring (bicyclic) bond motifs is 1. The maximum absolute atomic E-state index is 12.5. The van der Waals surface area contributed by atoms with Gasteiger partial charge in [-0.1, -0.05) is 6.92 Å². The molecule has 0 radical (unpaired) electrons. The molecule has 1 amide bonds. The van der Waals surface area contributed by atoms with Gasteiger partial charge in [-0.15, -0.1) is 11.3 Å². The summed E-state index contributed by atoms with van der Waals surface area (Å²) < 4.78 is 6.54. The highest BCUT2D eigenvalue weighted by atomic mass is 32.1. The molecule has 4 rings (SSSR count). The molecule has 3 aromatic rings. The van der Waals surface area contributed by atoms with E-state index in [4.69, 9.17) is 9.72 Å². The SMILES string of the molecule is COc1cc2nc([C@H]3CC[C@H](C(C)S)CC3)sc2cc1NC(=O)c1ccncn1. The van der Waals surface area contributed by atoms with E-state index >= 15 is 0 Å². The molecule has 29 heavy (non-hydrogen) atoms. The quantitative estimate of drug-likeness (QED) is 0.563. The van der Waals surface area contributed by atoms with E-state index in [1.54, 1.807) is 30.7 Å². The van der Waals surface area contributed by atoms with Crippen molar-refractivity contribution in [3.63, 3.8) is 0 Å². The average Bonchev–Trinajstić information content (AvgIpc) is 3.16. The molecule has 1 atom stereocenters. The summed E-state index contributed by atoms with van der Waals surface area (Å²) in [6.07, 6.45) is 7.62. The third-order valence-corrected chi connectivity index (χ3v) is 7.19. The van der Waals surface area contributed by atoms with Gasteiger partial charge in [-0.05, 0) is 43.7 Å². The standard InChI is InChI=1S/C21H24N4O2S2/c1-12(28)13-3-5-14(6-4-13)21-25-17-9-18(27-2)16(10-19(17)29-21)24-20(26)15-7-8-22-11-23-15/h7-14,28H,3-6H2,1-2H3,(H,24,26)/t12?,13-,14-. The predicted molar refractivity (Wildman–Crippen MR) is 119 cm³/mol. The number of methoxy groups -OCH3 is 1. The molecule has 6 nitrogen and oxygen atoms in total. The van der Waals surface area contributed by atoms with Gasteiger partial charge in [0.05, 0.1) is 28.0 Å². The van der Waals surface area contributed by atoms with Crippen LogP contribution in [-0.2, 0) is 0 Å². The Morgan fingerprint density at radius 2 is 2.10 bits per heavy atom. The van der Waals surface area contributed by atoms with Crippen LogP contribution in [-0.4, -0.2) is 33.2 Å². The summed E-state index contributed by atoms with van der Waals surface area (Å²) in [6, 6.07) is 5.41. The smallest absolute Gasteiger partial charge is 0.274 e. The lowest BCUT2D eigenvalue weighted by Gasteiger charge is -2.29. The van der Waals surface area contributed by atoms with Gasteiger partial charge in [0.2, 0.25) is 0 Å². The van der Waals surface area contributed by atoms with Crippen molar-refractivity contribution in [1.29, 1.82) is 0 Å². The van der Waals surface area contributed by atoms with Gasteiger partial charge in [0.25, 0.3) is 5.91 Å². The molecule has 1 unspecified atom stereocenters. The summed E-state index contributed by atoms with van der Waals surface area (Å²) in [4.78, 5) is 25.2. The zero-order valence-electron chi connectivity index (χ0n) is 16.5. The second kappa shape index (κ2) is 8.67. The first-order chi connectivity index (χ1) is 14.0. The molecule has 2 heterocycles. The third-order valence-electron chi connectivity index (χ3n) is 5.59. The lowest BCUT2D eigenvalue weighted by atomic mass is 9.81. The monoisotopic (exact) mass is 428 g/mol. The number of thiazole rings is 1. The van der Waals surface area contributed by atoms with Crippen LogP contribution in [0.15, 0.2) is 30.7 Å². The summed E-state index contributed by atoms with van der Waals surface area (Å²) in [5, 5.41) is 4.52. The summed E-state index contributed by atoms with van der Waals surface area (Å²) in [5.41, 5.74) is 1.83. The first-order valence-electron chi connectivity index (χ1n) is 9.79. The molecule has 0 aliphatic heterocycles. The van der Waals surface area contributed by atoms with Crippen LogP contribution in [0, 0.1) is 5.92 Å². The minimum Gasteiger partial charge on any atom is -0.494 e.